The number of anilines is 2. The second-order valence-electron chi connectivity index (χ2n) is 9.94. The second-order valence-corrected chi connectivity index (χ2v) is 10.7. The molecular formula is C30H29ClFN5OS. The van der Waals surface area contributed by atoms with Gasteiger partial charge in [0.25, 0.3) is 0 Å². The zero-order valence-corrected chi connectivity index (χ0v) is 23.6. The molecule has 4 aromatic rings. The Labute approximate surface area is 237 Å². The molecule has 1 fully saturated rings. The third-order valence-corrected chi connectivity index (χ3v) is 7.61. The Balaban J connectivity index is 1.61. The van der Waals surface area contributed by atoms with E-state index in [1.165, 1.54) is 12.1 Å². The number of carbonyl (C=O) groups excluding carboxylic acids is 1. The van der Waals surface area contributed by atoms with Gasteiger partial charge in [0.15, 0.2) is 5.11 Å². The lowest BCUT2D eigenvalue weighted by molar-refractivity contribution is -0.118. The predicted octanol–water partition coefficient (Wildman–Crippen LogP) is 7.05. The van der Waals surface area contributed by atoms with E-state index in [4.69, 9.17) is 23.8 Å². The molecule has 1 aliphatic rings. The molecule has 2 aromatic carbocycles. The number of pyridine rings is 1. The van der Waals surface area contributed by atoms with Crippen LogP contribution in [0.15, 0.2) is 72.9 Å². The smallest absolute Gasteiger partial charge is 0.226 e. The molecule has 3 heterocycles. The van der Waals surface area contributed by atoms with Crippen LogP contribution in [0.4, 0.5) is 15.8 Å². The van der Waals surface area contributed by atoms with Crippen molar-refractivity contribution >= 4 is 46.2 Å². The molecule has 39 heavy (non-hydrogen) atoms. The Hall–Kier alpha value is -3.75. The van der Waals surface area contributed by atoms with E-state index < -0.39 is 0 Å². The van der Waals surface area contributed by atoms with E-state index in [0.717, 1.165) is 34.0 Å². The number of halogens is 2. The fourth-order valence-electron chi connectivity index (χ4n) is 5.06. The van der Waals surface area contributed by atoms with Crippen LogP contribution in [0.3, 0.4) is 0 Å². The Morgan fingerprint density at radius 2 is 1.79 bits per heavy atom. The lowest BCUT2D eigenvalue weighted by Gasteiger charge is -2.28. The van der Waals surface area contributed by atoms with Gasteiger partial charge in [-0.15, -0.1) is 0 Å². The Morgan fingerprint density at radius 3 is 2.44 bits per heavy atom. The first-order valence-electron chi connectivity index (χ1n) is 12.7. The molecule has 0 saturated carbocycles. The minimum Gasteiger partial charge on any atom is -0.351 e. The van der Waals surface area contributed by atoms with E-state index in [2.05, 4.69) is 33.2 Å². The number of hydrogen-bond donors (Lipinski definition) is 2. The third-order valence-electron chi connectivity index (χ3n) is 6.98. The maximum absolute atomic E-state index is 13.7. The highest BCUT2D eigenvalue weighted by Gasteiger charge is 2.42. The second kappa shape index (κ2) is 10.8. The van der Waals surface area contributed by atoms with E-state index in [-0.39, 0.29) is 29.7 Å². The summed E-state index contributed by atoms with van der Waals surface area (Å²) >= 11 is 12.5. The fraction of sp³-hybridized carbons (Fsp3) is 0.233. The van der Waals surface area contributed by atoms with E-state index in [1.54, 1.807) is 24.4 Å². The van der Waals surface area contributed by atoms with Crippen LogP contribution < -0.4 is 15.5 Å². The van der Waals surface area contributed by atoms with Crippen molar-refractivity contribution in [1.29, 1.82) is 0 Å². The molecule has 200 valence electrons. The summed E-state index contributed by atoms with van der Waals surface area (Å²) in [6, 6.07) is 19.5. The number of nitrogens with one attached hydrogen (secondary N) is 2. The lowest BCUT2D eigenvalue weighted by atomic mass is 9.96. The number of hydrogen-bond acceptors (Lipinski definition) is 3. The van der Waals surface area contributed by atoms with Crippen LogP contribution in [0.5, 0.6) is 0 Å². The quantitative estimate of drug-likeness (QED) is 0.247. The summed E-state index contributed by atoms with van der Waals surface area (Å²) in [5.41, 5.74) is 6.13. The van der Waals surface area contributed by atoms with Crippen molar-refractivity contribution in [3.8, 4) is 5.69 Å². The number of benzene rings is 2. The molecule has 0 bridgehead atoms. The van der Waals surface area contributed by atoms with Crippen molar-refractivity contribution < 1.29 is 9.18 Å². The van der Waals surface area contributed by atoms with Gasteiger partial charge in [0.2, 0.25) is 5.91 Å². The molecule has 0 radical (unpaired) electrons. The Bertz CT molecular complexity index is 1540. The highest BCUT2D eigenvalue weighted by molar-refractivity contribution is 7.80. The first kappa shape index (κ1) is 26.8. The van der Waals surface area contributed by atoms with Gasteiger partial charge in [-0.2, -0.15) is 0 Å². The molecule has 1 amide bonds. The molecule has 9 heteroatoms. The van der Waals surface area contributed by atoms with Gasteiger partial charge in [-0.3, -0.25) is 9.78 Å². The van der Waals surface area contributed by atoms with Gasteiger partial charge in [-0.25, -0.2) is 4.39 Å². The number of amides is 1. The van der Waals surface area contributed by atoms with Crippen LogP contribution in [-0.2, 0) is 4.79 Å². The zero-order valence-electron chi connectivity index (χ0n) is 22.1. The van der Waals surface area contributed by atoms with E-state index >= 15 is 0 Å². The van der Waals surface area contributed by atoms with Crippen LogP contribution in [0, 0.1) is 25.6 Å². The summed E-state index contributed by atoms with van der Waals surface area (Å²) in [6.45, 7) is 7.75. The maximum atomic E-state index is 13.7. The number of aryl methyl sites for hydroxylation is 1. The number of rotatable bonds is 6. The molecule has 2 atom stereocenters. The van der Waals surface area contributed by atoms with Crippen molar-refractivity contribution in [3.05, 3.63) is 106 Å². The number of nitrogens with zero attached hydrogens (tertiary/aromatic N) is 3. The normalized spacial score (nSPS) is 17.0. The van der Waals surface area contributed by atoms with Crippen LogP contribution in [-0.4, -0.2) is 20.6 Å². The minimum absolute atomic E-state index is 0.107. The van der Waals surface area contributed by atoms with Gasteiger partial charge >= 0.3 is 0 Å². The summed E-state index contributed by atoms with van der Waals surface area (Å²) in [4.78, 5) is 18.9. The molecule has 5 rings (SSSR count). The van der Waals surface area contributed by atoms with Gasteiger partial charge < -0.3 is 20.1 Å². The van der Waals surface area contributed by atoms with Crippen LogP contribution in [0.25, 0.3) is 5.69 Å². The number of thiocarbonyl (C=S) groups is 1. The van der Waals surface area contributed by atoms with Crippen LogP contribution >= 0.6 is 23.8 Å². The van der Waals surface area contributed by atoms with Gasteiger partial charge in [0.1, 0.15) is 5.82 Å². The topological polar surface area (TPSA) is 62.2 Å². The Morgan fingerprint density at radius 1 is 1.08 bits per heavy atom. The maximum Gasteiger partial charge on any atom is 0.226 e. The van der Waals surface area contributed by atoms with Crippen LogP contribution in [0.1, 0.15) is 48.6 Å². The molecule has 0 aliphatic carbocycles. The van der Waals surface area contributed by atoms with E-state index in [9.17, 15) is 9.18 Å². The van der Waals surface area contributed by atoms with Crippen molar-refractivity contribution in [2.45, 2.75) is 39.8 Å². The van der Waals surface area contributed by atoms with Crippen molar-refractivity contribution in [2.24, 2.45) is 5.92 Å². The average Bonchev–Trinajstić information content (AvgIpc) is 3.41. The minimum atomic E-state index is -0.280. The SMILES string of the molecule is Cc1cc([C@@H]2[C@H](c3ccccn3)NC(=S)N2c2ccc(NC(=O)C(C)C)c(Cl)c2)c(C)n1-c1ccc(F)cc1. The molecule has 0 spiro atoms. The highest BCUT2D eigenvalue weighted by Crippen LogP contribution is 2.44. The number of aromatic nitrogens is 2. The van der Waals surface area contributed by atoms with Gasteiger partial charge in [0, 0.05) is 34.9 Å². The third kappa shape index (κ3) is 5.14. The fourth-order valence-corrected chi connectivity index (χ4v) is 5.62. The highest BCUT2D eigenvalue weighted by atomic mass is 35.5. The number of carbonyl (C=O) groups is 1. The molecule has 6 nitrogen and oxygen atoms in total. The summed E-state index contributed by atoms with van der Waals surface area (Å²) < 4.78 is 15.8. The summed E-state index contributed by atoms with van der Waals surface area (Å²) in [5, 5.41) is 7.31. The predicted molar refractivity (Wildman–Crippen MR) is 158 cm³/mol. The van der Waals surface area contributed by atoms with Gasteiger partial charge in [-0.05, 0) is 92.3 Å². The van der Waals surface area contributed by atoms with E-state index in [0.29, 0.717) is 15.8 Å². The average molecular weight is 562 g/mol. The summed E-state index contributed by atoms with van der Waals surface area (Å²) in [7, 11) is 0. The lowest BCUT2D eigenvalue weighted by Crippen LogP contribution is -2.29. The molecular weight excluding hydrogens is 533 g/mol. The molecule has 1 aliphatic heterocycles. The van der Waals surface area contributed by atoms with Crippen LogP contribution in [0.2, 0.25) is 5.02 Å². The zero-order chi connectivity index (χ0) is 27.8. The van der Waals surface area contributed by atoms with Gasteiger partial charge in [-0.1, -0.05) is 31.5 Å². The summed E-state index contributed by atoms with van der Waals surface area (Å²) in [6.07, 6.45) is 1.77. The molecule has 1 saturated heterocycles. The molecule has 2 aromatic heterocycles. The standard InChI is InChI=1S/C30H29ClFN5OS/c1-17(2)29(38)34-25-13-12-22(16-24(25)31)37-28(27(35-30(37)39)26-7-5-6-14-33-26)23-15-18(3)36(19(23)4)21-10-8-20(32)9-11-21/h5-17,27-28H,1-4H3,(H,34,38)(H,35,39)/t27-,28+/m0/s1. The first-order chi connectivity index (χ1) is 18.7. The van der Waals surface area contributed by atoms with E-state index in [1.807, 2.05) is 56.0 Å². The van der Waals surface area contributed by atoms with Gasteiger partial charge in [0.05, 0.1) is 28.5 Å². The van der Waals surface area contributed by atoms with Crippen molar-refractivity contribution in [1.82, 2.24) is 14.9 Å². The Kier molecular flexibility index (Phi) is 7.42. The molecule has 2 N–H and O–H groups in total. The van der Waals surface area contributed by atoms with Crippen molar-refractivity contribution in [2.75, 3.05) is 10.2 Å². The monoisotopic (exact) mass is 561 g/mol. The first-order valence-corrected chi connectivity index (χ1v) is 13.5. The molecule has 0 unspecified atom stereocenters. The summed E-state index contributed by atoms with van der Waals surface area (Å²) in [5.74, 6) is -0.557. The van der Waals surface area contributed by atoms with Crippen molar-refractivity contribution in [3.63, 3.8) is 0 Å². The largest absolute Gasteiger partial charge is 0.351 e.